The maximum Gasteiger partial charge on any atom is 0.331 e. The fourth-order valence-corrected chi connectivity index (χ4v) is 5.82. The Balaban J connectivity index is 1.44. The van der Waals surface area contributed by atoms with Crippen molar-refractivity contribution in [3.8, 4) is 0 Å². The number of piperazine rings is 1. The minimum Gasteiger partial charge on any atom is -0.464 e. The fourth-order valence-electron chi connectivity index (χ4n) is 5.82. The van der Waals surface area contributed by atoms with Gasteiger partial charge in [0.2, 0.25) is 0 Å². The summed E-state index contributed by atoms with van der Waals surface area (Å²) in [5, 5.41) is 0. The highest BCUT2D eigenvalue weighted by Crippen LogP contribution is 2.38. The number of hydrogen-bond donors (Lipinski definition) is 0. The molecule has 9 heteroatoms. The topological polar surface area (TPSA) is 77.8 Å². The number of urea groups is 2. The summed E-state index contributed by atoms with van der Waals surface area (Å²) < 4.78 is 5.48. The summed E-state index contributed by atoms with van der Waals surface area (Å²) in [7, 11) is 1.73. The van der Waals surface area contributed by atoms with Gasteiger partial charge in [0.15, 0.2) is 11.7 Å². The lowest BCUT2D eigenvalue weighted by atomic mass is 10.0. The molecule has 4 amide bonds. The lowest BCUT2D eigenvalue weighted by molar-refractivity contribution is -0.152. The van der Waals surface area contributed by atoms with Crippen molar-refractivity contribution in [2.45, 2.75) is 44.4 Å². The molecule has 0 N–H and O–H groups in total. The van der Waals surface area contributed by atoms with Gasteiger partial charge in [0.25, 0.3) is 0 Å². The van der Waals surface area contributed by atoms with Crippen LogP contribution < -0.4 is 4.90 Å². The Bertz CT molecular complexity index is 1380. The molecule has 0 saturated carbocycles. The zero-order valence-corrected chi connectivity index (χ0v) is 23.2. The summed E-state index contributed by atoms with van der Waals surface area (Å²) in [5.41, 5.74) is 2.80. The number of hydrogen-bond acceptors (Lipinski definition) is 4. The van der Waals surface area contributed by atoms with Gasteiger partial charge in [0.05, 0.1) is 36.6 Å². The Morgan fingerprint density at radius 2 is 1.51 bits per heavy atom. The van der Waals surface area contributed by atoms with E-state index in [9.17, 15) is 14.4 Å². The minimum atomic E-state index is -0.938. The second kappa shape index (κ2) is 12.1. The number of carbonyl (C=O) groups is 3. The third kappa shape index (κ3) is 5.59. The van der Waals surface area contributed by atoms with Crippen LogP contribution in [0.4, 0.5) is 26.7 Å². The first-order valence-corrected chi connectivity index (χ1v) is 13.8. The zero-order valence-electron chi connectivity index (χ0n) is 23.2. The number of rotatable bonds is 6. The second-order valence-corrected chi connectivity index (χ2v) is 10.3. The smallest absolute Gasteiger partial charge is 0.331 e. The zero-order chi connectivity index (χ0) is 28.9. The maximum absolute atomic E-state index is 14.4. The van der Waals surface area contributed by atoms with Crippen molar-refractivity contribution in [2.75, 3.05) is 25.1 Å². The van der Waals surface area contributed by atoms with Crippen LogP contribution >= 0.6 is 0 Å². The van der Waals surface area contributed by atoms with Gasteiger partial charge in [-0.15, -0.1) is 0 Å². The molecule has 41 heavy (non-hydrogen) atoms. The molecule has 0 unspecified atom stereocenters. The number of fused-ring (bicyclic) bond motifs is 2. The first kappa shape index (κ1) is 27.7. The van der Waals surface area contributed by atoms with Crippen LogP contribution in [0.3, 0.4) is 0 Å². The first-order valence-electron chi connectivity index (χ1n) is 13.8. The minimum absolute atomic E-state index is 0.170. The molecule has 3 aromatic rings. The largest absolute Gasteiger partial charge is 0.464 e. The summed E-state index contributed by atoms with van der Waals surface area (Å²) in [5.74, 6) is -0.512. The molecule has 0 radical (unpaired) electrons. The molecule has 5 rings (SSSR count). The van der Waals surface area contributed by atoms with Crippen LogP contribution in [0.2, 0.25) is 0 Å². The van der Waals surface area contributed by atoms with Crippen molar-refractivity contribution >= 4 is 35.1 Å². The third-order valence-corrected chi connectivity index (χ3v) is 7.68. The van der Waals surface area contributed by atoms with Crippen LogP contribution in [0.15, 0.2) is 84.9 Å². The van der Waals surface area contributed by atoms with Gasteiger partial charge in [0.1, 0.15) is 0 Å². The van der Waals surface area contributed by atoms with Crippen molar-refractivity contribution in [3.05, 3.63) is 102 Å². The second-order valence-electron chi connectivity index (χ2n) is 10.3. The van der Waals surface area contributed by atoms with Crippen molar-refractivity contribution in [1.29, 1.82) is 0 Å². The molecule has 0 aliphatic carbocycles. The molecule has 2 bridgehead atoms. The van der Waals surface area contributed by atoms with E-state index in [0.717, 1.165) is 5.56 Å². The van der Waals surface area contributed by atoms with Gasteiger partial charge in [0, 0.05) is 20.1 Å². The summed E-state index contributed by atoms with van der Waals surface area (Å²) in [6.07, 6.45) is 1.27. The number of ether oxygens (including phenoxy) is 1. The molecule has 2 aliphatic rings. The van der Waals surface area contributed by atoms with E-state index in [-0.39, 0.29) is 31.3 Å². The van der Waals surface area contributed by atoms with Gasteiger partial charge in [-0.3, -0.25) is 4.90 Å². The van der Waals surface area contributed by atoms with Gasteiger partial charge < -0.3 is 19.4 Å². The normalized spacial score (nSPS) is 19.3. The lowest BCUT2D eigenvalue weighted by Gasteiger charge is -2.47. The number of esters is 1. The number of benzene rings is 3. The monoisotopic (exact) mass is 551 g/mol. The molecule has 210 valence electrons. The molecule has 0 spiro atoms. The lowest BCUT2D eigenvalue weighted by Crippen LogP contribution is -2.67. The Morgan fingerprint density at radius 3 is 2.07 bits per heavy atom. The number of para-hydroxylation sites is 2. The summed E-state index contributed by atoms with van der Waals surface area (Å²) in [6, 6.07) is 23.6. The Hall–Kier alpha value is -4.84. The fraction of sp³-hybridized carbons (Fsp3) is 0.312. The predicted molar refractivity (Wildman–Crippen MR) is 156 cm³/mol. The Labute approximate surface area is 240 Å². The van der Waals surface area contributed by atoms with E-state index in [1.165, 1.54) is 0 Å². The van der Waals surface area contributed by atoms with Gasteiger partial charge in [-0.05, 0) is 49.6 Å². The van der Waals surface area contributed by atoms with Crippen LogP contribution in [0, 0.1) is 6.57 Å². The number of carbonyl (C=O) groups excluding carboxylic acids is 3. The van der Waals surface area contributed by atoms with E-state index in [1.807, 2.05) is 72.8 Å². The van der Waals surface area contributed by atoms with Crippen molar-refractivity contribution in [3.63, 3.8) is 0 Å². The van der Waals surface area contributed by atoms with E-state index >= 15 is 0 Å². The van der Waals surface area contributed by atoms with Crippen molar-refractivity contribution in [1.82, 2.24) is 14.7 Å². The van der Waals surface area contributed by atoms with Crippen LogP contribution in [0.5, 0.6) is 0 Å². The molecule has 9 nitrogen and oxygen atoms in total. The predicted octanol–water partition coefficient (Wildman–Crippen LogP) is 5.83. The number of nitrogens with zero attached hydrogens (tertiary/aromatic N) is 5. The number of anilines is 2. The summed E-state index contributed by atoms with van der Waals surface area (Å²) >= 11 is 0. The molecule has 3 atom stereocenters. The van der Waals surface area contributed by atoms with Crippen LogP contribution in [-0.4, -0.2) is 71.1 Å². The molecule has 2 aliphatic heterocycles. The Morgan fingerprint density at radius 1 is 0.902 bits per heavy atom. The van der Waals surface area contributed by atoms with Crippen LogP contribution in [0.1, 0.15) is 25.3 Å². The number of likely N-dealkylation sites (tertiary alicyclic amines) is 1. The highest BCUT2D eigenvalue weighted by atomic mass is 16.5. The molecule has 3 aromatic carbocycles. The van der Waals surface area contributed by atoms with E-state index in [4.69, 9.17) is 11.3 Å². The van der Waals surface area contributed by atoms with E-state index in [1.54, 1.807) is 45.7 Å². The number of amides is 4. The van der Waals surface area contributed by atoms with Gasteiger partial charge in [-0.25, -0.2) is 19.2 Å². The molecular weight excluding hydrogens is 518 g/mol. The SMILES string of the molecule is [C-]#[N+]c1ccc(CN(C)C(=O)N2[C@H]3CC[C@@H]2[C@H](C(=O)OCC)N(C(=O)N(c2ccccc2)c2ccccc2)C3)cc1. The highest BCUT2D eigenvalue weighted by molar-refractivity contribution is 6.01. The molecule has 2 fully saturated rings. The third-order valence-electron chi connectivity index (χ3n) is 7.68. The van der Waals surface area contributed by atoms with E-state index in [2.05, 4.69) is 4.85 Å². The molecule has 2 heterocycles. The van der Waals surface area contributed by atoms with Crippen molar-refractivity contribution < 1.29 is 19.1 Å². The van der Waals surface area contributed by atoms with Gasteiger partial charge in [-0.1, -0.05) is 60.7 Å². The highest BCUT2D eigenvalue weighted by Gasteiger charge is 2.54. The standard InChI is InChI=1S/C32H33N5O4/c1-4-41-30(38)29-28-20-19-27(37(28)31(39)34(3)21-23-15-17-24(33-2)18-16-23)22-35(29)32(40)36(25-11-7-5-8-12-25)26-13-9-6-10-14-26/h5-18,27-29H,4,19-22H2,1,3H3/t27-,28+,29+/m0/s1. The summed E-state index contributed by atoms with van der Waals surface area (Å²) in [6.45, 7) is 9.63. The first-order chi connectivity index (χ1) is 19.9. The maximum atomic E-state index is 14.4. The average Bonchev–Trinajstić information content (AvgIpc) is 3.30. The quantitative estimate of drug-likeness (QED) is 0.285. The average molecular weight is 552 g/mol. The van der Waals surface area contributed by atoms with Gasteiger partial charge in [-0.2, -0.15) is 0 Å². The van der Waals surface area contributed by atoms with Crippen LogP contribution in [-0.2, 0) is 16.1 Å². The molecular formula is C32H33N5O4. The van der Waals surface area contributed by atoms with E-state index < -0.39 is 18.1 Å². The van der Waals surface area contributed by atoms with Gasteiger partial charge >= 0.3 is 18.0 Å². The van der Waals surface area contributed by atoms with E-state index in [0.29, 0.717) is 36.4 Å². The van der Waals surface area contributed by atoms with Crippen LogP contribution in [0.25, 0.3) is 4.85 Å². The Kier molecular flexibility index (Phi) is 8.20. The molecule has 2 saturated heterocycles. The molecule has 0 aromatic heterocycles. The van der Waals surface area contributed by atoms with Crippen molar-refractivity contribution in [2.24, 2.45) is 0 Å². The summed E-state index contributed by atoms with van der Waals surface area (Å²) in [4.78, 5) is 51.6.